The number of carbonyl (C=O) groups excluding carboxylic acids is 2. The van der Waals surface area contributed by atoms with Gasteiger partial charge in [0.15, 0.2) is 0 Å². The third-order valence-corrected chi connectivity index (χ3v) is 6.64. The maximum absolute atomic E-state index is 13.3. The molecule has 1 atom stereocenters. The quantitative estimate of drug-likeness (QED) is 0.227. The van der Waals surface area contributed by atoms with Gasteiger partial charge in [0.2, 0.25) is 11.0 Å². The van der Waals surface area contributed by atoms with E-state index in [2.05, 4.69) is 20.8 Å². The van der Waals surface area contributed by atoms with E-state index in [0.717, 1.165) is 11.3 Å². The lowest BCUT2D eigenvalue weighted by molar-refractivity contribution is -0.143. The Morgan fingerprint density at radius 1 is 0.850 bits per heavy atom. The molecule has 0 aliphatic heterocycles. The highest BCUT2D eigenvalue weighted by atomic mass is 35.5. The Bertz CT molecular complexity index is 1480. The summed E-state index contributed by atoms with van der Waals surface area (Å²) in [5.41, 5.74) is -2.97. The van der Waals surface area contributed by atoms with Crippen LogP contribution < -0.4 is 10.6 Å². The Hall–Kier alpha value is -3.97. The van der Waals surface area contributed by atoms with Crippen molar-refractivity contribution in [2.24, 2.45) is 0 Å². The molecule has 0 unspecified atom stereocenters. The van der Waals surface area contributed by atoms with E-state index in [0.29, 0.717) is 33.3 Å². The van der Waals surface area contributed by atoms with Crippen LogP contribution in [-0.2, 0) is 23.6 Å². The minimum Gasteiger partial charge on any atom is -0.340 e. The maximum Gasteiger partial charge on any atom is 0.416 e. The zero-order valence-corrected chi connectivity index (χ0v) is 21.6. The van der Waals surface area contributed by atoms with Crippen LogP contribution >= 0.6 is 22.9 Å². The zero-order chi connectivity index (χ0) is 29.1. The first-order valence-electron chi connectivity index (χ1n) is 11.3. The normalized spacial score (nSPS) is 12.6. The lowest BCUT2D eigenvalue weighted by Crippen LogP contribution is -2.45. The average Bonchev–Trinajstić information content (AvgIpc) is 3.36. The molecule has 6 nitrogen and oxygen atoms in total. The third-order valence-electron chi connectivity index (χ3n) is 5.50. The van der Waals surface area contributed by atoms with Gasteiger partial charge in [0.05, 0.1) is 11.1 Å². The van der Waals surface area contributed by atoms with Crippen LogP contribution in [0.3, 0.4) is 0 Å². The van der Waals surface area contributed by atoms with Gasteiger partial charge in [-0.2, -0.15) is 26.3 Å². The number of hydrogen-bond acceptors (Lipinski definition) is 5. The number of nitrogens with one attached hydrogen (secondary N) is 2. The van der Waals surface area contributed by atoms with Gasteiger partial charge in [-0.3, -0.25) is 14.9 Å². The van der Waals surface area contributed by atoms with Gasteiger partial charge >= 0.3 is 12.4 Å². The minimum atomic E-state index is -5.14. The largest absolute Gasteiger partial charge is 0.416 e. The average molecular weight is 599 g/mol. The van der Waals surface area contributed by atoms with Crippen LogP contribution in [0, 0.1) is 0 Å². The van der Waals surface area contributed by atoms with E-state index >= 15 is 0 Å². The van der Waals surface area contributed by atoms with E-state index in [4.69, 9.17) is 11.6 Å². The molecular formula is C26H17ClF6N4O2S. The molecule has 0 spiro atoms. The molecule has 0 aliphatic carbocycles. The van der Waals surface area contributed by atoms with Crippen LogP contribution in [0.1, 0.15) is 27.0 Å². The first-order chi connectivity index (χ1) is 18.8. The van der Waals surface area contributed by atoms with E-state index < -0.39 is 46.9 Å². The van der Waals surface area contributed by atoms with Crippen LogP contribution in [0.2, 0.25) is 5.02 Å². The molecular weight excluding hydrogens is 582 g/mol. The van der Waals surface area contributed by atoms with E-state index in [-0.39, 0.29) is 17.6 Å². The molecule has 1 heterocycles. The summed E-state index contributed by atoms with van der Waals surface area (Å²) in [6.45, 7) is 0. The van der Waals surface area contributed by atoms with Crippen LogP contribution in [0.15, 0.2) is 72.8 Å². The fourth-order valence-electron chi connectivity index (χ4n) is 3.56. The fraction of sp³-hybridized carbons (Fsp3) is 0.154. The van der Waals surface area contributed by atoms with Gasteiger partial charge in [0, 0.05) is 22.6 Å². The highest BCUT2D eigenvalue weighted by Crippen LogP contribution is 2.36. The summed E-state index contributed by atoms with van der Waals surface area (Å²) >= 11 is 6.90. The molecule has 1 aromatic heterocycles. The molecule has 0 aliphatic rings. The van der Waals surface area contributed by atoms with Crippen LogP contribution in [0.4, 0.5) is 31.5 Å². The zero-order valence-electron chi connectivity index (χ0n) is 20.0. The standard InChI is InChI=1S/C26H17ClF6N4O2S/c27-19-8-6-15(7-9-19)23-36-37-24(40-23)35-22(39)20(10-14-4-2-1-3-5-14)34-21(38)16-11-17(25(28,29)30)13-18(12-16)26(31,32)33/h1-9,11-13,20H,10H2,(H,34,38)(H,35,37,39)/t20-/m1/s1. The van der Waals surface area contributed by atoms with E-state index in [1.807, 2.05) is 0 Å². The Kier molecular flexibility index (Phi) is 8.45. The molecule has 0 saturated heterocycles. The number of halogens is 7. The molecule has 4 aromatic rings. The summed E-state index contributed by atoms with van der Waals surface area (Å²) in [5, 5.41) is 13.7. The highest BCUT2D eigenvalue weighted by molar-refractivity contribution is 7.18. The Morgan fingerprint density at radius 3 is 2.02 bits per heavy atom. The van der Waals surface area contributed by atoms with Gasteiger partial charge in [-0.1, -0.05) is 65.4 Å². The number of rotatable bonds is 7. The molecule has 14 heteroatoms. The number of amides is 2. The number of alkyl halides is 6. The molecule has 2 N–H and O–H groups in total. The predicted octanol–water partition coefficient (Wildman–Crippen LogP) is 6.88. The number of aromatic nitrogens is 2. The molecule has 0 bridgehead atoms. The topological polar surface area (TPSA) is 84.0 Å². The second-order valence-corrected chi connectivity index (χ2v) is 9.83. The molecule has 0 saturated carbocycles. The van der Waals surface area contributed by atoms with Crippen molar-refractivity contribution < 1.29 is 35.9 Å². The van der Waals surface area contributed by atoms with Crippen LogP contribution in [0.25, 0.3) is 10.6 Å². The van der Waals surface area contributed by atoms with Crippen molar-refractivity contribution in [1.29, 1.82) is 0 Å². The SMILES string of the molecule is O=C(N[C@H](Cc1ccccc1)C(=O)Nc1nnc(-c2ccc(Cl)cc2)s1)c1cc(C(F)(F)F)cc(C(F)(F)F)c1. The first-order valence-corrected chi connectivity index (χ1v) is 12.5. The maximum atomic E-state index is 13.3. The number of anilines is 1. The van der Waals surface area contributed by atoms with E-state index in [9.17, 15) is 35.9 Å². The second kappa shape index (κ2) is 11.6. The summed E-state index contributed by atoms with van der Waals surface area (Å²) in [6.07, 6.45) is -10.4. The van der Waals surface area contributed by atoms with Crippen molar-refractivity contribution in [3.8, 4) is 10.6 Å². The van der Waals surface area contributed by atoms with Crippen molar-refractivity contribution >= 4 is 39.9 Å². The molecule has 2 amide bonds. The Morgan fingerprint density at radius 2 is 1.45 bits per heavy atom. The van der Waals surface area contributed by atoms with E-state index in [1.54, 1.807) is 54.6 Å². The summed E-state index contributed by atoms with van der Waals surface area (Å²) in [7, 11) is 0. The lowest BCUT2D eigenvalue weighted by Gasteiger charge is -2.19. The Labute approximate surface area is 232 Å². The van der Waals surface area contributed by atoms with Crippen molar-refractivity contribution in [2.45, 2.75) is 24.8 Å². The summed E-state index contributed by atoms with van der Waals surface area (Å²) < 4.78 is 79.7. The molecule has 40 heavy (non-hydrogen) atoms. The number of hydrogen-bond donors (Lipinski definition) is 2. The molecule has 3 aromatic carbocycles. The van der Waals surface area contributed by atoms with Crippen molar-refractivity contribution in [3.05, 3.63) is 100 Å². The lowest BCUT2D eigenvalue weighted by atomic mass is 10.0. The summed E-state index contributed by atoms with van der Waals surface area (Å²) in [5.74, 6) is -2.11. The van der Waals surface area contributed by atoms with Crippen molar-refractivity contribution in [1.82, 2.24) is 15.5 Å². The fourth-order valence-corrected chi connectivity index (χ4v) is 4.44. The predicted molar refractivity (Wildman–Crippen MR) is 137 cm³/mol. The molecule has 0 fully saturated rings. The van der Waals surface area contributed by atoms with Crippen molar-refractivity contribution in [2.75, 3.05) is 5.32 Å². The second-order valence-electron chi connectivity index (χ2n) is 8.42. The van der Waals surface area contributed by atoms with Gasteiger partial charge in [0.1, 0.15) is 11.0 Å². The number of benzene rings is 3. The van der Waals surface area contributed by atoms with Crippen molar-refractivity contribution in [3.63, 3.8) is 0 Å². The van der Waals surface area contributed by atoms with E-state index in [1.165, 1.54) is 0 Å². The molecule has 0 radical (unpaired) electrons. The van der Waals surface area contributed by atoms with Gasteiger partial charge in [0.25, 0.3) is 5.91 Å². The number of carbonyl (C=O) groups is 2. The Balaban J connectivity index is 1.60. The molecule has 208 valence electrons. The van der Waals surface area contributed by atoms with Gasteiger partial charge in [-0.15, -0.1) is 10.2 Å². The van der Waals surface area contributed by atoms with Gasteiger partial charge in [-0.05, 0) is 35.9 Å². The third kappa shape index (κ3) is 7.36. The van der Waals surface area contributed by atoms with Crippen LogP contribution in [-0.4, -0.2) is 28.1 Å². The summed E-state index contributed by atoms with van der Waals surface area (Å²) in [6, 6.07) is 14.1. The van der Waals surface area contributed by atoms with Crippen LogP contribution in [0.5, 0.6) is 0 Å². The highest BCUT2D eigenvalue weighted by Gasteiger charge is 2.38. The smallest absolute Gasteiger partial charge is 0.340 e. The monoisotopic (exact) mass is 598 g/mol. The number of nitrogens with zero attached hydrogens (tertiary/aromatic N) is 2. The van der Waals surface area contributed by atoms with Gasteiger partial charge < -0.3 is 5.32 Å². The summed E-state index contributed by atoms with van der Waals surface area (Å²) in [4.78, 5) is 26.1. The van der Waals surface area contributed by atoms with Gasteiger partial charge in [-0.25, -0.2) is 0 Å². The molecule has 4 rings (SSSR count). The minimum absolute atomic E-state index is 0.0562. The first kappa shape index (κ1) is 29.0.